The second kappa shape index (κ2) is 5.82. The predicted molar refractivity (Wildman–Crippen MR) is 75.9 cm³/mol. The van der Waals surface area contributed by atoms with Crippen LogP contribution in [0.15, 0.2) is 45.9 Å². The van der Waals surface area contributed by atoms with Crippen LogP contribution in [0.5, 0.6) is 0 Å². The van der Waals surface area contributed by atoms with Crippen molar-refractivity contribution in [3.8, 4) is 0 Å². The number of aromatic nitrogens is 2. The number of nitrogens with zero attached hydrogens (tertiary/aromatic N) is 2. The van der Waals surface area contributed by atoms with Crippen LogP contribution in [0.3, 0.4) is 0 Å². The zero-order valence-electron chi connectivity index (χ0n) is 10.1. The molecule has 4 nitrogen and oxygen atoms in total. The minimum Gasteiger partial charge on any atom is -0.370 e. The Bertz CT molecular complexity index is 595. The molecule has 0 amide bonds. The highest BCUT2D eigenvalue weighted by Crippen LogP contribution is 2.13. The number of anilines is 1. The van der Waals surface area contributed by atoms with E-state index in [0.717, 1.165) is 22.4 Å². The van der Waals surface area contributed by atoms with Gasteiger partial charge in [0.2, 0.25) is 0 Å². The lowest BCUT2D eigenvalue weighted by Crippen LogP contribution is -2.19. The first kappa shape index (κ1) is 12.8. The highest BCUT2D eigenvalue weighted by atomic mass is 79.9. The summed E-state index contributed by atoms with van der Waals surface area (Å²) in [6.07, 6.45) is 3.52. The number of hydrogen-bond donors (Lipinski definition) is 1. The molecule has 0 fully saturated rings. The lowest BCUT2D eigenvalue weighted by Gasteiger charge is -2.11. The summed E-state index contributed by atoms with van der Waals surface area (Å²) in [5.74, 6) is 0.826. The monoisotopic (exact) mass is 307 g/mol. The number of nitrogens with one attached hydrogen (secondary N) is 1. The molecular formula is C13H14BrN3O. The van der Waals surface area contributed by atoms with Gasteiger partial charge in [0.05, 0.1) is 6.54 Å². The Morgan fingerprint density at radius 1 is 1.39 bits per heavy atom. The molecular weight excluding hydrogens is 294 g/mol. The molecule has 0 unspecified atom stereocenters. The van der Waals surface area contributed by atoms with Gasteiger partial charge >= 0.3 is 0 Å². The molecule has 2 aromatic heterocycles. The van der Waals surface area contributed by atoms with E-state index in [9.17, 15) is 4.79 Å². The molecule has 0 aromatic carbocycles. The molecule has 94 valence electrons. The van der Waals surface area contributed by atoms with Crippen molar-refractivity contribution in [3.63, 3.8) is 0 Å². The van der Waals surface area contributed by atoms with Crippen molar-refractivity contribution in [2.75, 3.05) is 11.9 Å². The molecule has 1 N–H and O–H groups in total. The summed E-state index contributed by atoms with van der Waals surface area (Å²) < 4.78 is 2.54. The Hall–Kier alpha value is -1.62. The Labute approximate surface area is 114 Å². The molecule has 0 aliphatic heterocycles. The fourth-order valence-electron chi connectivity index (χ4n) is 1.70. The van der Waals surface area contributed by atoms with Crippen LogP contribution in [-0.2, 0) is 6.54 Å². The van der Waals surface area contributed by atoms with Gasteiger partial charge in [0.15, 0.2) is 0 Å². The maximum Gasteiger partial charge on any atom is 0.250 e. The normalized spacial score (nSPS) is 10.3. The van der Waals surface area contributed by atoms with Gasteiger partial charge in [-0.25, -0.2) is 4.98 Å². The van der Waals surface area contributed by atoms with Crippen LogP contribution >= 0.6 is 15.9 Å². The van der Waals surface area contributed by atoms with Crippen molar-refractivity contribution >= 4 is 21.7 Å². The standard InChI is InChI=1S/C13H14BrN3O/c1-2-15-13-10(4-3-7-16-13)8-17-9-11(14)5-6-12(17)18/h3-7,9H,2,8H2,1H3,(H,15,16). The van der Waals surface area contributed by atoms with E-state index in [-0.39, 0.29) is 5.56 Å². The molecule has 0 saturated heterocycles. The average molecular weight is 308 g/mol. The predicted octanol–water partition coefficient (Wildman–Crippen LogP) is 2.49. The Kier molecular flexibility index (Phi) is 4.15. The highest BCUT2D eigenvalue weighted by molar-refractivity contribution is 9.10. The summed E-state index contributed by atoms with van der Waals surface area (Å²) in [5.41, 5.74) is 0.976. The van der Waals surface area contributed by atoms with Crippen LogP contribution < -0.4 is 10.9 Å². The summed E-state index contributed by atoms with van der Waals surface area (Å²) in [6, 6.07) is 7.14. The van der Waals surface area contributed by atoms with E-state index >= 15 is 0 Å². The lowest BCUT2D eigenvalue weighted by molar-refractivity contribution is 0.754. The van der Waals surface area contributed by atoms with Gasteiger partial charge in [-0.2, -0.15) is 0 Å². The van der Waals surface area contributed by atoms with E-state index in [2.05, 4.69) is 26.2 Å². The van der Waals surface area contributed by atoms with E-state index in [1.165, 1.54) is 0 Å². The third kappa shape index (κ3) is 2.98. The molecule has 0 saturated carbocycles. The van der Waals surface area contributed by atoms with Crippen molar-refractivity contribution in [2.24, 2.45) is 0 Å². The van der Waals surface area contributed by atoms with Crippen molar-refractivity contribution in [2.45, 2.75) is 13.5 Å². The Morgan fingerprint density at radius 2 is 2.22 bits per heavy atom. The lowest BCUT2D eigenvalue weighted by atomic mass is 10.2. The minimum atomic E-state index is -0.0236. The van der Waals surface area contributed by atoms with Crippen molar-refractivity contribution in [1.29, 1.82) is 0 Å². The second-order valence-electron chi connectivity index (χ2n) is 3.85. The quantitative estimate of drug-likeness (QED) is 0.944. The largest absolute Gasteiger partial charge is 0.370 e. The van der Waals surface area contributed by atoms with Crippen LogP contribution in [-0.4, -0.2) is 16.1 Å². The van der Waals surface area contributed by atoms with Crippen LogP contribution in [0.4, 0.5) is 5.82 Å². The first-order valence-electron chi connectivity index (χ1n) is 5.74. The van der Waals surface area contributed by atoms with Gasteiger partial charge in [0.25, 0.3) is 5.56 Å². The minimum absolute atomic E-state index is 0.0236. The van der Waals surface area contributed by atoms with Crippen molar-refractivity contribution in [1.82, 2.24) is 9.55 Å². The molecule has 2 heterocycles. The molecule has 0 radical (unpaired) electrons. The fraction of sp³-hybridized carbons (Fsp3) is 0.231. The second-order valence-corrected chi connectivity index (χ2v) is 4.77. The molecule has 2 rings (SSSR count). The highest BCUT2D eigenvalue weighted by Gasteiger charge is 2.04. The van der Waals surface area contributed by atoms with Crippen LogP contribution in [0.25, 0.3) is 0 Å². The van der Waals surface area contributed by atoms with Gasteiger partial charge in [-0.3, -0.25) is 4.79 Å². The summed E-state index contributed by atoms with van der Waals surface area (Å²) in [5, 5.41) is 3.19. The SMILES string of the molecule is CCNc1ncccc1Cn1cc(Br)ccc1=O. The zero-order chi connectivity index (χ0) is 13.0. The van der Waals surface area contributed by atoms with Crippen LogP contribution in [0.1, 0.15) is 12.5 Å². The smallest absolute Gasteiger partial charge is 0.250 e. The third-order valence-corrected chi connectivity index (χ3v) is 2.99. The maximum atomic E-state index is 11.7. The van der Waals surface area contributed by atoms with E-state index in [1.807, 2.05) is 19.1 Å². The summed E-state index contributed by atoms with van der Waals surface area (Å²) >= 11 is 3.37. The van der Waals surface area contributed by atoms with Gasteiger partial charge in [-0.1, -0.05) is 6.07 Å². The van der Waals surface area contributed by atoms with Gasteiger partial charge in [0, 0.05) is 35.0 Å². The molecule has 5 heteroatoms. The van der Waals surface area contributed by atoms with Crippen LogP contribution in [0, 0.1) is 0 Å². The molecule has 2 aromatic rings. The zero-order valence-corrected chi connectivity index (χ0v) is 11.6. The number of pyridine rings is 2. The fourth-order valence-corrected chi connectivity index (χ4v) is 2.08. The van der Waals surface area contributed by atoms with Crippen molar-refractivity contribution in [3.05, 3.63) is 57.0 Å². The molecule has 0 spiro atoms. The number of halogens is 1. The Morgan fingerprint density at radius 3 is 3.00 bits per heavy atom. The molecule has 0 aliphatic rings. The average Bonchev–Trinajstić information content (AvgIpc) is 2.36. The molecule has 0 atom stereocenters. The van der Waals surface area contributed by atoms with Gasteiger partial charge < -0.3 is 9.88 Å². The third-order valence-electron chi connectivity index (χ3n) is 2.52. The van der Waals surface area contributed by atoms with Crippen LogP contribution in [0.2, 0.25) is 0 Å². The Balaban J connectivity index is 2.33. The van der Waals surface area contributed by atoms with Gasteiger partial charge in [-0.05, 0) is 35.0 Å². The van der Waals surface area contributed by atoms with Gasteiger partial charge in [0.1, 0.15) is 5.82 Å². The number of rotatable bonds is 4. The molecule has 0 aliphatic carbocycles. The topological polar surface area (TPSA) is 46.9 Å². The first-order chi connectivity index (χ1) is 8.70. The molecule has 18 heavy (non-hydrogen) atoms. The maximum absolute atomic E-state index is 11.7. The summed E-state index contributed by atoms with van der Waals surface area (Å²) in [7, 11) is 0. The summed E-state index contributed by atoms with van der Waals surface area (Å²) in [6.45, 7) is 3.33. The van der Waals surface area contributed by atoms with E-state index in [4.69, 9.17) is 0 Å². The van der Waals surface area contributed by atoms with E-state index in [0.29, 0.717) is 6.54 Å². The van der Waals surface area contributed by atoms with Crippen molar-refractivity contribution < 1.29 is 0 Å². The van der Waals surface area contributed by atoms with E-state index < -0.39 is 0 Å². The molecule has 0 bridgehead atoms. The first-order valence-corrected chi connectivity index (χ1v) is 6.53. The van der Waals surface area contributed by atoms with E-state index in [1.54, 1.807) is 29.1 Å². The number of hydrogen-bond acceptors (Lipinski definition) is 3. The summed E-state index contributed by atoms with van der Waals surface area (Å²) in [4.78, 5) is 16.0. The van der Waals surface area contributed by atoms with Gasteiger partial charge in [-0.15, -0.1) is 0 Å².